The lowest BCUT2D eigenvalue weighted by Crippen LogP contribution is -2.21. The number of alkyl halides is 3. The zero-order chi connectivity index (χ0) is 27.0. The number of hydrogen-bond acceptors (Lipinski definition) is 7. The molecule has 3 heterocycles. The van der Waals surface area contributed by atoms with Crippen molar-refractivity contribution < 1.29 is 18.0 Å². The van der Waals surface area contributed by atoms with Gasteiger partial charge in [-0.15, -0.1) is 5.10 Å². The first-order valence-corrected chi connectivity index (χ1v) is 12.2. The summed E-state index contributed by atoms with van der Waals surface area (Å²) in [4.78, 5) is 17.8. The van der Waals surface area contributed by atoms with Gasteiger partial charge in [0.2, 0.25) is 0 Å². The Bertz CT molecular complexity index is 1500. The van der Waals surface area contributed by atoms with Crippen molar-refractivity contribution in [2.24, 2.45) is 0 Å². The summed E-state index contributed by atoms with van der Waals surface area (Å²) >= 11 is 12.6. The van der Waals surface area contributed by atoms with Gasteiger partial charge in [-0.25, -0.2) is 14.3 Å². The molecule has 0 unspecified atom stereocenters. The third kappa shape index (κ3) is 5.64. The fraction of sp³-hybridized carbons (Fsp3) is 0.304. The number of benzene rings is 1. The lowest BCUT2D eigenvalue weighted by atomic mass is 10.1. The van der Waals surface area contributed by atoms with Gasteiger partial charge in [-0.05, 0) is 71.7 Å². The number of pyridine rings is 1. The lowest BCUT2D eigenvalue weighted by molar-refractivity contribution is -0.147. The molecule has 0 atom stereocenters. The van der Waals surface area contributed by atoms with Crippen LogP contribution in [0, 0.1) is 6.92 Å². The van der Waals surface area contributed by atoms with Gasteiger partial charge in [-0.3, -0.25) is 4.79 Å². The van der Waals surface area contributed by atoms with E-state index in [4.69, 9.17) is 23.2 Å². The maximum atomic E-state index is 13.6. The summed E-state index contributed by atoms with van der Waals surface area (Å²) in [6, 6.07) is 8.43. The average molecular weight is 566 g/mol. The van der Waals surface area contributed by atoms with Gasteiger partial charge in [0.25, 0.3) is 11.7 Å². The second-order valence-electron chi connectivity index (χ2n) is 8.77. The molecule has 0 bridgehead atoms. The van der Waals surface area contributed by atoms with Crippen molar-refractivity contribution in [1.82, 2.24) is 40.3 Å². The van der Waals surface area contributed by atoms with Crippen molar-refractivity contribution in [3.05, 3.63) is 74.9 Å². The summed E-state index contributed by atoms with van der Waals surface area (Å²) < 4.78 is 41.6. The quantitative estimate of drug-likeness (QED) is 0.324. The van der Waals surface area contributed by atoms with E-state index < -0.39 is 24.5 Å². The molecule has 4 aromatic rings. The molecular weight excluding hydrogens is 546 g/mol. The van der Waals surface area contributed by atoms with Crippen molar-refractivity contribution in [1.29, 1.82) is 0 Å². The molecule has 1 aliphatic rings. The number of nitrogens with one attached hydrogen (secondary N) is 2. The van der Waals surface area contributed by atoms with E-state index in [0.717, 1.165) is 24.0 Å². The Morgan fingerprint density at radius 2 is 2.00 bits per heavy atom. The van der Waals surface area contributed by atoms with E-state index in [1.807, 2.05) is 6.92 Å². The van der Waals surface area contributed by atoms with Crippen LogP contribution in [0.25, 0.3) is 5.82 Å². The number of carbonyl (C=O) groups is 1. The van der Waals surface area contributed by atoms with Crippen LogP contribution in [0.3, 0.4) is 0 Å². The fourth-order valence-corrected chi connectivity index (χ4v) is 4.38. The molecule has 5 rings (SSSR count). The van der Waals surface area contributed by atoms with Crippen molar-refractivity contribution in [3.8, 4) is 5.82 Å². The molecular formula is C23H20Cl2F3N9O. The van der Waals surface area contributed by atoms with Crippen LogP contribution in [0.15, 0.2) is 36.5 Å². The van der Waals surface area contributed by atoms with Crippen molar-refractivity contribution >= 4 is 34.8 Å². The number of halogens is 5. The van der Waals surface area contributed by atoms with E-state index in [2.05, 4.69) is 36.2 Å². The Balaban J connectivity index is 1.51. The largest absolute Gasteiger partial charge is 0.453 e. The summed E-state index contributed by atoms with van der Waals surface area (Å²) in [7, 11) is 0. The third-order valence-electron chi connectivity index (χ3n) is 5.81. The van der Waals surface area contributed by atoms with Crippen LogP contribution in [0.2, 0.25) is 10.0 Å². The summed E-state index contributed by atoms with van der Waals surface area (Å²) in [5.74, 6) is -1.74. The van der Waals surface area contributed by atoms with Crippen LogP contribution in [0.4, 0.5) is 18.9 Å². The van der Waals surface area contributed by atoms with Crippen LogP contribution >= 0.6 is 23.2 Å². The van der Waals surface area contributed by atoms with Gasteiger partial charge < -0.3 is 10.6 Å². The smallest absolute Gasteiger partial charge is 0.320 e. The summed E-state index contributed by atoms with van der Waals surface area (Å²) in [5.41, 5.74) is 2.18. The molecule has 0 aliphatic heterocycles. The monoisotopic (exact) mass is 565 g/mol. The van der Waals surface area contributed by atoms with E-state index in [9.17, 15) is 18.0 Å². The number of aromatic nitrogens is 7. The minimum Gasteiger partial charge on any atom is -0.320 e. The molecule has 15 heteroatoms. The highest BCUT2D eigenvalue weighted by Crippen LogP contribution is 2.30. The molecule has 1 saturated carbocycles. The molecule has 0 saturated heterocycles. The molecule has 10 nitrogen and oxygen atoms in total. The lowest BCUT2D eigenvalue weighted by Gasteiger charge is -2.16. The zero-order valence-corrected chi connectivity index (χ0v) is 21.3. The van der Waals surface area contributed by atoms with E-state index in [-0.39, 0.29) is 22.2 Å². The van der Waals surface area contributed by atoms with Crippen LogP contribution in [-0.4, -0.2) is 46.9 Å². The molecule has 198 valence electrons. The van der Waals surface area contributed by atoms with Crippen molar-refractivity contribution in [2.75, 3.05) is 5.32 Å². The Morgan fingerprint density at radius 1 is 1.21 bits per heavy atom. The van der Waals surface area contributed by atoms with Crippen molar-refractivity contribution in [3.63, 3.8) is 0 Å². The maximum absolute atomic E-state index is 13.6. The first-order chi connectivity index (χ1) is 18.1. The SMILES string of the molecule is Cc1cc(Cl)cc(CNC2CC2)c1NC(=O)c1cc(Cn2nnnc2C(F)(F)F)nn1-c1ncccc1Cl. The second-order valence-corrected chi connectivity index (χ2v) is 9.61. The van der Waals surface area contributed by atoms with Gasteiger partial charge in [0.1, 0.15) is 5.69 Å². The Hall–Kier alpha value is -3.55. The second kappa shape index (κ2) is 10.3. The summed E-state index contributed by atoms with van der Waals surface area (Å²) in [5, 5.41) is 20.9. The predicted octanol–water partition coefficient (Wildman–Crippen LogP) is 4.44. The number of aryl methyl sites for hydroxylation is 1. The molecule has 0 radical (unpaired) electrons. The number of carbonyl (C=O) groups excluding carboxylic acids is 1. The van der Waals surface area contributed by atoms with E-state index in [1.165, 1.54) is 16.9 Å². The van der Waals surface area contributed by atoms with Crippen LogP contribution in [0.1, 0.15) is 46.0 Å². The number of anilines is 1. The number of rotatable bonds is 8. The minimum absolute atomic E-state index is 0.00214. The number of hydrogen-bond donors (Lipinski definition) is 2. The molecule has 1 fully saturated rings. The van der Waals surface area contributed by atoms with E-state index in [1.54, 1.807) is 24.3 Å². The molecule has 0 spiro atoms. The Kier molecular flexibility index (Phi) is 7.07. The first kappa shape index (κ1) is 26.1. The highest BCUT2D eigenvalue weighted by Gasteiger charge is 2.38. The standard InChI is InChI=1S/C23H20Cl2F3N9O/c1-12-7-14(24)8-13(10-30-15-4-5-15)19(12)31-21(38)18-9-16(11-36-22(23(26,27)28)32-34-35-36)33-37(18)20-17(25)3-2-6-29-20/h2-3,6-9,15,30H,4-5,10-11H2,1H3,(H,31,38). The van der Waals surface area contributed by atoms with Gasteiger partial charge in [0, 0.05) is 29.5 Å². The van der Waals surface area contributed by atoms with Gasteiger partial charge >= 0.3 is 6.18 Å². The molecule has 1 amide bonds. The third-order valence-corrected chi connectivity index (χ3v) is 6.32. The minimum atomic E-state index is -4.77. The van der Waals surface area contributed by atoms with Crippen LogP contribution < -0.4 is 10.6 Å². The zero-order valence-electron chi connectivity index (χ0n) is 19.8. The van der Waals surface area contributed by atoms with Gasteiger partial charge in [-0.1, -0.05) is 23.2 Å². The van der Waals surface area contributed by atoms with E-state index >= 15 is 0 Å². The maximum Gasteiger partial charge on any atom is 0.453 e. The van der Waals surface area contributed by atoms with Crippen LogP contribution in [-0.2, 0) is 19.3 Å². The number of amides is 1. The molecule has 1 aromatic carbocycles. The molecule has 1 aliphatic carbocycles. The van der Waals surface area contributed by atoms with Gasteiger partial charge in [0.15, 0.2) is 5.82 Å². The van der Waals surface area contributed by atoms with Crippen molar-refractivity contribution in [2.45, 2.75) is 45.1 Å². The summed E-state index contributed by atoms with van der Waals surface area (Å²) in [6.07, 6.45) is -1.14. The first-order valence-electron chi connectivity index (χ1n) is 11.5. The van der Waals surface area contributed by atoms with Gasteiger partial charge in [-0.2, -0.15) is 18.3 Å². The number of tetrazole rings is 1. The predicted molar refractivity (Wildman–Crippen MR) is 132 cm³/mol. The molecule has 38 heavy (non-hydrogen) atoms. The van der Waals surface area contributed by atoms with E-state index in [0.29, 0.717) is 28.0 Å². The topological polar surface area (TPSA) is 115 Å². The highest BCUT2D eigenvalue weighted by atomic mass is 35.5. The number of nitrogens with zero attached hydrogens (tertiary/aromatic N) is 7. The fourth-order valence-electron chi connectivity index (χ4n) is 3.88. The average Bonchev–Trinajstić information content (AvgIpc) is 3.39. The Labute approximate surface area is 224 Å². The summed E-state index contributed by atoms with van der Waals surface area (Å²) in [6.45, 7) is 1.87. The molecule has 2 N–H and O–H groups in total. The molecule has 3 aromatic heterocycles. The van der Waals surface area contributed by atoms with Gasteiger partial charge in [0.05, 0.1) is 17.3 Å². The normalized spacial score (nSPS) is 13.6. The Morgan fingerprint density at radius 3 is 2.71 bits per heavy atom. The van der Waals surface area contributed by atoms with Crippen LogP contribution in [0.5, 0.6) is 0 Å². The highest BCUT2D eigenvalue weighted by molar-refractivity contribution is 6.32.